The Balaban J connectivity index is 3.25. The highest BCUT2D eigenvalue weighted by Gasteiger charge is 2.03. The van der Waals surface area contributed by atoms with Crippen molar-refractivity contribution in [3.05, 3.63) is 21.7 Å². The summed E-state index contributed by atoms with van der Waals surface area (Å²) in [5.74, 6) is 0. The van der Waals surface area contributed by atoms with Crippen molar-refractivity contribution >= 4 is 15.9 Å². The predicted octanol–water partition coefficient (Wildman–Crippen LogP) is 1.31. The molecule has 0 radical (unpaired) electrons. The standard InChI is InChI=1S/C7H10BrN3/c1-4-6(3-9)5(2)11-7(8)10-4/h3,9H2,1-2H3. The van der Waals surface area contributed by atoms with Gasteiger partial charge in [0, 0.05) is 23.5 Å². The fourth-order valence-corrected chi connectivity index (χ4v) is 1.53. The van der Waals surface area contributed by atoms with Crippen LogP contribution >= 0.6 is 15.9 Å². The molecule has 2 N–H and O–H groups in total. The van der Waals surface area contributed by atoms with Gasteiger partial charge in [-0.2, -0.15) is 0 Å². The maximum absolute atomic E-state index is 5.51. The second-order valence-corrected chi connectivity index (χ2v) is 3.06. The van der Waals surface area contributed by atoms with Crippen LogP contribution in [-0.4, -0.2) is 9.97 Å². The van der Waals surface area contributed by atoms with E-state index in [4.69, 9.17) is 5.73 Å². The van der Waals surface area contributed by atoms with Crippen LogP contribution in [0.2, 0.25) is 0 Å². The second-order valence-electron chi connectivity index (χ2n) is 2.35. The molecule has 0 unspecified atom stereocenters. The van der Waals surface area contributed by atoms with Gasteiger partial charge in [0.2, 0.25) is 0 Å². The molecule has 60 valence electrons. The summed E-state index contributed by atoms with van der Waals surface area (Å²) in [7, 11) is 0. The number of halogens is 1. The molecule has 0 bridgehead atoms. The molecule has 1 heterocycles. The number of hydrogen-bond acceptors (Lipinski definition) is 3. The molecule has 0 aliphatic heterocycles. The van der Waals surface area contributed by atoms with Gasteiger partial charge in [-0.3, -0.25) is 0 Å². The van der Waals surface area contributed by atoms with E-state index < -0.39 is 0 Å². The van der Waals surface area contributed by atoms with Gasteiger partial charge in [0.1, 0.15) is 0 Å². The highest BCUT2D eigenvalue weighted by molar-refractivity contribution is 9.10. The van der Waals surface area contributed by atoms with Crippen LogP contribution in [0.15, 0.2) is 4.73 Å². The van der Waals surface area contributed by atoms with Crippen LogP contribution in [0, 0.1) is 13.8 Å². The molecule has 0 aliphatic rings. The van der Waals surface area contributed by atoms with Crippen molar-refractivity contribution in [2.45, 2.75) is 20.4 Å². The minimum Gasteiger partial charge on any atom is -0.326 e. The lowest BCUT2D eigenvalue weighted by atomic mass is 10.2. The number of hydrogen-bond donors (Lipinski definition) is 1. The zero-order valence-electron chi connectivity index (χ0n) is 6.56. The van der Waals surface area contributed by atoms with E-state index in [2.05, 4.69) is 25.9 Å². The molecule has 0 atom stereocenters. The largest absolute Gasteiger partial charge is 0.326 e. The predicted molar refractivity (Wildman–Crippen MR) is 47.1 cm³/mol. The molecular weight excluding hydrogens is 206 g/mol. The molecule has 0 saturated carbocycles. The Morgan fingerprint density at radius 1 is 1.27 bits per heavy atom. The summed E-state index contributed by atoms with van der Waals surface area (Å²) < 4.78 is 0.629. The zero-order chi connectivity index (χ0) is 8.43. The molecule has 0 aromatic carbocycles. The fraction of sp³-hybridized carbons (Fsp3) is 0.429. The molecule has 0 fully saturated rings. The molecule has 3 nitrogen and oxygen atoms in total. The first-order valence-corrected chi connectivity index (χ1v) is 4.14. The SMILES string of the molecule is Cc1nc(Br)nc(C)c1CN. The molecular formula is C7H10BrN3. The van der Waals surface area contributed by atoms with Crippen molar-refractivity contribution in [1.29, 1.82) is 0 Å². The van der Waals surface area contributed by atoms with Gasteiger partial charge < -0.3 is 5.73 Å². The summed E-state index contributed by atoms with van der Waals surface area (Å²) in [4.78, 5) is 8.26. The molecule has 1 aromatic heterocycles. The van der Waals surface area contributed by atoms with E-state index in [-0.39, 0.29) is 0 Å². The summed E-state index contributed by atoms with van der Waals surface area (Å²) >= 11 is 3.21. The van der Waals surface area contributed by atoms with E-state index in [0.717, 1.165) is 17.0 Å². The molecule has 1 rings (SSSR count). The van der Waals surface area contributed by atoms with E-state index in [1.165, 1.54) is 0 Å². The maximum Gasteiger partial charge on any atom is 0.197 e. The molecule has 11 heavy (non-hydrogen) atoms. The number of aryl methyl sites for hydroxylation is 2. The lowest BCUT2D eigenvalue weighted by molar-refractivity contribution is 0.914. The molecule has 0 spiro atoms. The summed E-state index contributed by atoms with van der Waals surface area (Å²) in [5, 5.41) is 0. The van der Waals surface area contributed by atoms with Crippen molar-refractivity contribution in [3.63, 3.8) is 0 Å². The topological polar surface area (TPSA) is 51.8 Å². The Morgan fingerprint density at radius 3 is 2.09 bits per heavy atom. The van der Waals surface area contributed by atoms with Crippen LogP contribution in [-0.2, 0) is 6.54 Å². The van der Waals surface area contributed by atoms with Crippen LogP contribution in [0.4, 0.5) is 0 Å². The van der Waals surface area contributed by atoms with E-state index in [0.29, 0.717) is 11.3 Å². The van der Waals surface area contributed by atoms with E-state index in [1.807, 2.05) is 13.8 Å². The Labute approximate surface area is 74.2 Å². The first kappa shape index (κ1) is 8.62. The summed E-state index contributed by atoms with van der Waals surface area (Å²) in [6.45, 7) is 4.37. The summed E-state index contributed by atoms with van der Waals surface area (Å²) in [6.07, 6.45) is 0. The van der Waals surface area contributed by atoms with Crippen molar-refractivity contribution in [3.8, 4) is 0 Å². The van der Waals surface area contributed by atoms with Gasteiger partial charge >= 0.3 is 0 Å². The Morgan fingerprint density at radius 2 is 1.73 bits per heavy atom. The molecule has 1 aromatic rings. The summed E-state index contributed by atoms with van der Waals surface area (Å²) in [5.41, 5.74) is 8.44. The van der Waals surface area contributed by atoms with Crippen LogP contribution in [0.1, 0.15) is 17.0 Å². The van der Waals surface area contributed by atoms with Crippen LogP contribution in [0.5, 0.6) is 0 Å². The maximum atomic E-state index is 5.51. The lowest BCUT2D eigenvalue weighted by Gasteiger charge is -2.04. The molecule has 4 heteroatoms. The van der Waals surface area contributed by atoms with E-state index >= 15 is 0 Å². The normalized spacial score (nSPS) is 10.2. The van der Waals surface area contributed by atoms with Gasteiger partial charge in [0.25, 0.3) is 0 Å². The Bertz CT molecular complexity index is 249. The molecule has 0 saturated heterocycles. The lowest BCUT2D eigenvalue weighted by Crippen LogP contribution is -2.06. The average molecular weight is 216 g/mol. The number of rotatable bonds is 1. The van der Waals surface area contributed by atoms with Crippen LogP contribution in [0.25, 0.3) is 0 Å². The minimum atomic E-state index is 0.505. The zero-order valence-corrected chi connectivity index (χ0v) is 8.14. The second kappa shape index (κ2) is 3.28. The van der Waals surface area contributed by atoms with Crippen molar-refractivity contribution in [1.82, 2.24) is 9.97 Å². The van der Waals surface area contributed by atoms with Crippen molar-refractivity contribution in [2.75, 3.05) is 0 Å². The van der Waals surface area contributed by atoms with Crippen LogP contribution < -0.4 is 5.73 Å². The van der Waals surface area contributed by atoms with E-state index in [9.17, 15) is 0 Å². The van der Waals surface area contributed by atoms with Gasteiger partial charge in [-0.25, -0.2) is 9.97 Å². The van der Waals surface area contributed by atoms with Gasteiger partial charge in [-0.1, -0.05) is 0 Å². The van der Waals surface area contributed by atoms with Gasteiger partial charge in [0.15, 0.2) is 4.73 Å². The first-order valence-electron chi connectivity index (χ1n) is 3.35. The van der Waals surface area contributed by atoms with Crippen LogP contribution in [0.3, 0.4) is 0 Å². The van der Waals surface area contributed by atoms with Crippen molar-refractivity contribution < 1.29 is 0 Å². The number of nitrogens with zero attached hydrogens (tertiary/aromatic N) is 2. The third-order valence-electron chi connectivity index (χ3n) is 1.60. The smallest absolute Gasteiger partial charge is 0.197 e. The fourth-order valence-electron chi connectivity index (χ4n) is 0.994. The average Bonchev–Trinajstić information content (AvgIpc) is 1.85. The van der Waals surface area contributed by atoms with Crippen molar-refractivity contribution in [2.24, 2.45) is 5.73 Å². The number of nitrogens with two attached hydrogens (primary N) is 1. The first-order chi connectivity index (χ1) is 5.15. The molecule has 0 amide bonds. The summed E-state index contributed by atoms with van der Waals surface area (Å²) in [6, 6.07) is 0. The third kappa shape index (κ3) is 1.75. The van der Waals surface area contributed by atoms with E-state index in [1.54, 1.807) is 0 Å². The Hall–Kier alpha value is -0.480. The highest BCUT2D eigenvalue weighted by atomic mass is 79.9. The number of aromatic nitrogens is 2. The molecule has 0 aliphatic carbocycles. The highest BCUT2D eigenvalue weighted by Crippen LogP contribution is 2.11. The van der Waals surface area contributed by atoms with Gasteiger partial charge in [-0.15, -0.1) is 0 Å². The Kier molecular flexibility index (Phi) is 2.57. The minimum absolute atomic E-state index is 0.505. The van der Waals surface area contributed by atoms with Gasteiger partial charge in [-0.05, 0) is 29.8 Å². The monoisotopic (exact) mass is 215 g/mol. The third-order valence-corrected chi connectivity index (χ3v) is 1.95. The van der Waals surface area contributed by atoms with Gasteiger partial charge in [0.05, 0.1) is 0 Å². The quantitative estimate of drug-likeness (QED) is 0.720.